The van der Waals surface area contributed by atoms with Crippen molar-refractivity contribution in [3.63, 3.8) is 0 Å². The Kier molecular flexibility index (Phi) is 4.23. The van der Waals surface area contributed by atoms with Gasteiger partial charge in [0.1, 0.15) is 23.0 Å². The highest BCUT2D eigenvalue weighted by molar-refractivity contribution is 7.16. The topological polar surface area (TPSA) is 68.9 Å². The maximum absolute atomic E-state index is 9.63. The van der Waals surface area contributed by atoms with E-state index in [9.17, 15) is 5.26 Å². The van der Waals surface area contributed by atoms with Crippen LogP contribution in [0.3, 0.4) is 0 Å². The van der Waals surface area contributed by atoms with Crippen molar-refractivity contribution >= 4 is 55.6 Å². The van der Waals surface area contributed by atoms with Crippen LogP contribution in [0.25, 0.3) is 21.1 Å². The van der Waals surface area contributed by atoms with Gasteiger partial charge in [-0.05, 0) is 29.6 Å². The van der Waals surface area contributed by atoms with E-state index in [-0.39, 0.29) is 0 Å². The summed E-state index contributed by atoms with van der Waals surface area (Å²) in [5.41, 5.74) is 2.33. The van der Waals surface area contributed by atoms with Crippen molar-refractivity contribution < 1.29 is 0 Å². The van der Waals surface area contributed by atoms with Crippen LogP contribution in [-0.2, 0) is 0 Å². The van der Waals surface area contributed by atoms with Crippen molar-refractivity contribution in [2.45, 2.75) is 0 Å². The minimum Gasteiger partial charge on any atom is -0.366 e. The number of nitriles is 1. The monoisotopic (exact) mass is 406 g/mol. The van der Waals surface area contributed by atoms with E-state index in [1.165, 1.54) is 0 Å². The van der Waals surface area contributed by atoms with Gasteiger partial charge >= 0.3 is 0 Å². The predicted molar refractivity (Wildman–Crippen MR) is 113 cm³/mol. The van der Waals surface area contributed by atoms with Crippen LogP contribution >= 0.6 is 22.9 Å². The van der Waals surface area contributed by atoms with Gasteiger partial charge in [0.15, 0.2) is 0 Å². The number of benzene rings is 1. The van der Waals surface area contributed by atoms with Crippen LogP contribution in [-0.4, -0.2) is 41.1 Å². The Morgan fingerprint density at radius 1 is 1.00 bits per heavy atom. The second-order valence-electron chi connectivity index (χ2n) is 6.60. The fourth-order valence-corrected chi connectivity index (χ4v) is 4.64. The van der Waals surface area contributed by atoms with Gasteiger partial charge in [-0.2, -0.15) is 5.26 Å². The van der Waals surface area contributed by atoms with E-state index in [0.29, 0.717) is 10.6 Å². The largest absolute Gasteiger partial charge is 0.366 e. The molecule has 0 saturated carbocycles. The van der Waals surface area contributed by atoms with Gasteiger partial charge in [0.25, 0.3) is 0 Å². The smallest absolute Gasteiger partial charge is 0.140 e. The fourth-order valence-electron chi connectivity index (χ4n) is 3.74. The molecule has 0 spiro atoms. The van der Waals surface area contributed by atoms with Crippen LogP contribution < -0.4 is 9.80 Å². The molecule has 0 bridgehead atoms. The van der Waals surface area contributed by atoms with E-state index in [1.54, 1.807) is 23.9 Å². The highest BCUT2D eigenvalue weighted by atomic mass is 35.5. The molecule has 1 aromatic carbocycles. The highest BCUT2D eigenvalue weighted by Crippen LogP contribution is 2.33. The second-order valence-corrected chi connectivity index (χ2v) is 7.94. The molecule has 138 valence electrons. The van der Waals surface area contributed by atoms with E-state index < -0.39 is 0 Å². The molecule has 0 amide bonds. The average Bonchev–Trinajstić information content (AvgIpc) is 3.22. The van der Waals surface area contributed by atoms with Gasteiger partial charge in [0.05, 0.1) is 22.2 Å². The Morgan fingerprint density at radius 3 is 2.64 bits per heavy atom. The number of halogens is 1. The maximum atomic E-state index is 9.63. The molecule has 3 aromatic heterocycles. The summed E-state index contributed by atoms with van der Waals surface area (Å²) in [6.45, 7) is 3.21. The van der Waals surface area contributed by atoms with Crippen LogP contribution in [0.4, 0.5) is 11.5 Å². The standard InChI is InChI=1S/C20H15ClN6S/c21-14-1-2-17-16(9-14)18(13(10-22)11-23-17)26-4-6-27(7-5-26)19-15-3-8-28-20(15)25-12-24-19/h1-3,8-9,11-12H,4-7H2. The molecule has 5 rings (SSSR count). The number of hydrogen-bond acceptors (Lipinski definition) is 7. The molecule has 4 aromatic rings. The Bertz CT molecular complexity index is 1220. The number of fused-ring (bicyclic) bond motifs is 2. The van der Waals surface area contributed by atoms with E-state index in [0.717, 1.165) is 58.8 Å². The number of thiophene rings is 1. The molecule has 0 N–H and O–H groups in total. The van der Waals surface area contributed by atoms with E-state index >= 15 is 0 Å². The minimum absolute atomic E-state index is 0.575. The van der Waals surface area contributed by atoms with Gasteiger partial charge in [0.2, 0.25) is 0 Å². The number of nitrogens with zero attached hydrogens (tertiary/aromatic N) is 6. The van der Waals surface area contributed by atoms with Crippen molar-refractivity contribution in [1.82, 2.24) is 15.0 Å². The summed E-state index contributed by atoms with van der Waals surface area (Å²) in [7, 11) is 0. The predicted octanol–water partition coefficient (Wildman–Crippen LogP) is 4.09. The number of pyridine rings is 1. The maximum Gasteiger partial charge on any atom is 0.140 e. The summed E-state index contributed by atoms with van der Waals surface area (Å²) in [6.07, 6.45) is 3.28. The zero-order valence-corrected chi connectivity index (χ0v) is 16.4. The average molecular weight is 407 g/mol. The number of rotatable bonds is 2. The first-order valence-electron chi connectivity index (χ1n) is 8.91. The van der Waals surface area contributed by atoms with E-state index in [2.05, 4.69) is 36.9 Å². The van der Waals surface area contributed by atoms with Crippen molar-refractivity contribution in [1.29, 1.82) is 5.26 Å². The normalized spacial score (nSPS) is 14.6. The summed E-state index contributed by atoms with van der Waals surface area (Å²) in [5, 5.41) is 14.3. The second kappa shape index (κ2) is 6.89. The first kappa shape index (κ1) is 17.2. The number of aromatic nitrogens is 3. The Morgan fingerprint density at radius 2 is 1.82 bits per heavy atom. The summed E-state index contributed by atoms with van der Waals surface area (Å²) in [5.74, 6) is 0.981. The fraction of sp³-hybridized carbons (Fsp3) is 0.200. The zero-order chi connectivity index (χ0) is 19.1. The van der Waals surface area contributed by atoms with Crippen molar-refractivity contribution in [3.8, 4) is 6.07 Å². The molecule has 1 aliphatic rings. The molecular formula is C20H15ClN6S. The van der Waals surface area contributed by atoms with Gasteiger partial charge in [-0.15, -0.1) is 11.3 Å². The summed E-state index contributed by atoms with van der Waals surface area (Å²) in [4.78, 5) is 18.8. The Labute approximate surface area is 170 Å². The van der Waals surface area contributed by atoms with Gasteiger partial charge in [-0.25, -0.2) is 9.97 Å². The zero-order valence-electron chi connectivity index (χ0n) is 14.8. The molecule has 1 saturated heterocycles. The lowest BCUT2D eigenvalue weighted by molar-refractivity contribution is 0.650. The lowest BCUT2D eigenvalue weighted by Gasteiger charge is -2.37. The van der Waals surface area contributed by atoms with E-state index in [4.69, 9.17) is 11.6 Å². The van der Waals surface area contributed by atoms with Crippen LogP contribution in [0.1, 0.15) is 5.56 Å². The van der Waals surface area contributed by atoms with Gasteiger partial charge in [-0.3, -0.25) is 4.98 Å². The third kappa shape index (κ3) is 2.82. The number of piperazine rings is 1. The third-order valence-corrected chi connectivity index (χ3v) is 6.11. The highest BCUT2D eigenvalue weighted by Gasteiger charge is 2.24. The SMILES string of the molecule is N#Cc1cnc2ccc(Cl)cc2c1N1CCN(c2ncnc3sccc23)CC1. The van der Waals surface area contributed by atoms with Gasteiger partial charge in [-0.1, -0.05) is 11.6 Å². The molecular weight excluding hydrogens is 392 g/mol. The van der Waals surface area contributed by atoms with Crippen LogP contribution in [0.5, 0.6) is 0 Å². The van der Waals surface area contributed by atoms with Crippen molar-refractivity contribution in [2.75, 3.05) is 36.0 Å². The third-order valence-electron chi connectivity index (χ3n) is 5.06. The molecule has 0 aliphatic carbocycles. The van der Waals surface area contributed by atoms with Gasteiger partial charge in [0, 0.05) is 42.8 Å². The number of hydrogen-bond donors (Lipinski definition) is 0. The lowest BCUT2D eigenvalue weighted by atomic mass is 10.1. The molecule has 1 fully saturated rings. The first-order chi connectivity index (χ1) is 13.7. The van der Waals surface area contributed by atoms with Crippen LogP contribution in [0, 0.1) is 11.3 Å². The van der Waals surface area contributed by atoms with Gasteiger partial charge < -0.3 is 9.80 Å². The molecule has 1 aliphatic heterocycles. The Hall–Kier alpha value is -2.95. The first-order valence-corrected chi connectivity index (χ1v) is 10.2. The van der Waals surface area contributed by atoms with Crippen molar-refractivity contribution in [3.05, 3.63) is 52.8 Å². The number of anilines is 2. The molecule has 8 heteroatoms. The molecule has 4 heterocycles. The molecule has 0 atom stereocenters. The Balaban J connectivity index is 1.48. The van der Waals surface area contributed by atoms with Crippen LogP contribution in [0.15, 0.2) is 42.2 Å². The molecule has 0 unspecified atom stereocenters. The lowest BCUT2D eigenvalue weighted by Crippen LogP contribution is -2.47. The summed E-state index contributed by atoms with van der Waals surface area (Å²) >= 11 is 7.85. The van der Waals surface area contributed by atoms with E-state index in [1.807, 2.05) is 23.6 Å². The summed E-state index contributed by atoms with van der Waals surface area (Å²) in [6, 6.07) is 9.98. The molecule has 6 nitrogen and oxygen atoms in total. The summed E-state index contributed by atoms with van der Waals surface area (Å²) < 4.78 is 0. The molecule has 28 heavy (non-hydrogen) atoms. The van der Waals surface area contributed by atoms with Crippen molar-refractivity contribution in [2.24, 2.45) is 0 Å². The quantitative estimate of drug-likeness (QED) is 0.499. The van der Waals surface area contributed by atoms with Crippen LogP contribution in [0.2, 0.25) is 5.02 Å². The molecule has 0 radical (unpaired) electrons. The minimum atomic E-state index is 0.575.